The van der Waals surface area contributed by atoms with E-state index >= 15 is 0 Å². The van der Waals surface area contributed by atoms with E-state index in [4.69, 9.17) is 0 Å². The number of H-pyrrole nitrogens is 2. The highest BCUT2D eigenvalue weighted by Gasteiger charge is 2.12. The summed E-state index contributed by atoms with van der Waals surface area (Å²) in [5, 5.41) is 0. The van der Waals surface area contributed by atoms with Crippen LogP contribution in [0.15, 0.2) is 58.8 Å². The van der Waals surface area contributed by atoms with Crippen molar-refractivity contribution in [3.63, 3.8) is 0 Å². The molecule has 0 aliphatic rings. The fourth-order valence-electron chi connectivity index (χ4n) is 1.88. The monoisotopic (exact) mass is 242 g/mol. The van der Waals surface area contributed by atoms with Gasteiger partial charge in [0.1, 0.15) is 0 Å². The van der Waals surface area contributed by atoms with Gasteiger partial charge in [0.2, 0.25) is 0 Å². The SMILES string of the molecule is C=CC(Cc1ccccc1)c1c[nH]c(=O)[nH]c1=O. The van der Waals surface area contributed by atoms with Crippen molar-refractivity contribution >= 4 is 0 Å². The lowest BCUT2D eigenvalue weighted by molar-refractivity contribution is 0.802. The second kappa shape index (κ2) is 5.31. The molecule has 0 aliphatic heterocycles. The quantitative estimate of drug-likeness (QED) is 0.799. The van der Waals surface area contributed by atoms with Crippen LogP contribution in [0.5, 0.6) is 0 Å². The Hall–Kier alpha value is -2.36. The predicted molar refractivity (Wildman–Crippen MR) is 70.8 cm³/mol. The van der Waals surface area contributed by atoms with E-state index in [0.717, 1.165) is 5.56 Å². The smallest absolute Gasteiger partial charge is 0.314 e. The maximum absolute atomic E-state index is 11.7. The van der Waals surface area contributed by atoms with Crippen LogP contribution < -0.4 is 11.2 Å². The molecular formula is C14H14N2O2. The summed E-state index contributed by atoms with van der Waals surface area (Å²) in [7, 11) is 0. The van der Waals surface area contributed by atoms with E-state index in [0.29, 0.717) is 12.0 Å². The Bertz CT molecular complexity index is 641. The van der Waals surface area contributed by atoms with Crippen molar-refractivity contribution in [1.82, 2.24) is 9.97 Å². The van der Waals surface area contributed by atoms with Gasteiger partial charge < -0.3 is 4.98 Å². The summed E-state index contributed by atoms with van der Waals surface area (Å²) in [5.74, 6) is -0.118. The van der Waals surface area contributed by atoms with Gasteiger partial charge in [0, 0.05) is 17.7 Å². The van der Waals surface area contributed by atoms with Crippen molar-refractivity contribution in [2.75, 3.05) is 0 Å². The summed E-state index contributed by atoms with van der Waals surface area (Å²) < 4.78 is 0. The Morgan fingerprint density at radius 2 is 1.94 bits per heavy atom. The molecule has 1 aromatic carbocycles. The van der Waals surface area contributed by atoms with E-state index in [1.54, 1.807) is 6.08 Å². The number of rotatable bonds is 4. The Morgan fingerprint density at radius 1 is 1.22 bits per heavy atom. The first-order chi connectivity index (χ1) is 8.70. The second-order valence-electron chi connectivity index (χ2n) is 4.06. The summed E-state index contributed by atoms with van der Waals surface area (Å²) in [4.78, 5) is 27.4. The van der Waals surface area contributed by atoms with E-state index in [2.05, 4.69) is 16.5 Å². The van der Waals surface area contributed by atoms with Crippen molar-refractivity contribution in [3.8, 4) is 0 Å². The molecule has 1 aromatic heterocycles. The highest BCUT2D eigenvalue weighted by Crippen LogP contribution is 2.17. The average molecular weight is 242 g/mol. The number of hydrogen-bond donors (Lipinski definition) is 2. The summed E-state index contributed by atoms with van der Waals surface area (Å²) in [6, 6.07) is 9.84. The third-order valence-corrected chi connectivity index (χ3v) is 2.83. The molecule has 4 nitrogen and oxygen atoms in total. The van der Waals surface area contributed by atoms with Gasteiger partial charge in [-0.25, -0.2) is 4.79 Å². The van der Waals surface area contributed by atoms with Crippen LogP contribution in [0.1, 0.15) is 17.0 Å². The molecule has 0 fully saturated rings. The van der Waals surface area contributed by atoms with Gasteiger partial charge in [0.05, 0.1) is 0 Å². The van der Waals surface area contributed by atoms with Crippen LogP contribution >= 0.6 is 0 Å². The third kappa shape index (κ3) is 2.66. The fourth-order valence-corrected chi connectivity index (χ4v) is 1.88. The van der Waals surface area contributed by atoms with Gasteiger partial charge in [-0.2, -0.15) is 0 Å². The van der Waals surface area contributed by atoms with Crippen LogP contribution in [-0.4, -0.2) is 9.97 Å². The molecule has 1 atom stereocenters. The first kappa shape index (κ1) is 12.1. The van der Waals surface area contributed by atoms with Crippen molar-refractivity contribution < 1.29 is 0 Å². The molecule has 0 aliphatic carbocycles. The van der Waals surface area contributed by atoms with Crippen molar-refractivity contribution in [2.45, 2.75) is 12.3 Å². The number of allylic oxidation sites excluding steroid dienone is 1. The maximum atomic E-state index is 11.7. The highest BCUT2D eigenvalue weighted by atomic mass is 16.2. The fraction of sp³-hybridized carbons (Fsp3) is 0.143. The van der Waals surface area contributed by atoms with E-state index in [1.165, 1.54) is 6.20 Å². The first-order valence-corrected chi connectivity index (χ1v) is 5.69. The van der Waals surface area contributed by atoms with Gasteiger partial charge in [0.25, 0.3) is 5.56 Å². The minimum absolute atomic E-state index is 0.118. The molecule has 0 saturated carbocycles. The van der Waals surface area contributed by atoms with Crippen molar-refractivity contribution in [1.29, 1.82) is 0 Å². The van der Waals surface area contributed by atoms with Crippen LogP contribution in [0.3, 0.4) is 0 Å². The van der Waals surface area contributed by atoms with Gasteiger partial charge >= 0.3 is 5.69 Å². The predicted octanol–water partition coefficient (Wildman–Crippen LogP) is 1.58. The van der Waals surface area contributed by atoms with Crippen LogP contribution in [0.4, 0.5) is 0 Å². The lowest BCUT2D eigenvalue weighted by atomic mass is 9.94. The minimum Gasteiger partial charge on any atom is -0.314 e. The zero-order valence-corrected chi connectivity index (χ0v) is 9.85. The average Bonchev–Trinajstić information content (AvgIpc) is 2.38. The lowest BCUT2D eigenvalue weighted by Crippen LogP contribution is -2.26. The van der Waals surface area contributed by atoms with Gasteiger partial charge in [-0.15, -0.1) is 6.58 Å². The van der Waals surface area contributed by atoms with Gasteiger partial charge in [0.15, 0.2) is 0 Å². The van der Waals surface area contributed by atoms with Crippen LogP contribution in [-0.2, 0) is 6.42 Å². The molecule has 2 N–H and O–H groups in total. The molecule has 2 aromatic rings. The number of hydrogen-bond acceptors (Lipinski definition) is 2. The largest absolute Gasteiger partial charge is 0.325 e. The molecule has 92 valence electrons. The van der Waals surface area contributed by atoms with E-state index < -0.39 is 5.69 Å². The van der Waals surface area contributed by atoms with Crippen LogP contribution in [0.2, 0.25) is 0 Å². The first-order valence-electron chi connectivity index (χ1n) is 5.69. The summed E-state index contributed by atoms with van der Waals surface area (Å²) in [6.07, 6.45) is 3.85. The molecule has 0 amide bonds. The Labute approximate surface area is 104 Å². The Kier molecular flexibility index (Phi) is 3.57. The molecule has 0 radical (unpaired) electrons. The third-order valence-electron chi connectivity index (χ3n) is 2.83. The molecule has 18 heavy (non-hydrogen) atoms. The van der Waals surface area contributed by atoms with E-state index in [9.17, 15) is 9.59 Å². The maximum Gasteiger partial charge on any atom is 0.325 e. The van der Waals surface area contributed by atoms with Crippen molar-refractivity contribution in [3.05, 3.63) is 81.1 Å². The molecular weight excluding hydrogens is 228 g/mol. The van der Waals surface area contributed by atoms with Crippen molar-refractivity contribution in [2.24, 2.45) is 0 Å². The molecule has 0 saturated heterocycles. The normalized spacial score (nSPS) is 12.0. The zero-order chi connectivity index (χ0) is 13.0. The highest BCUT2D eigenvalue weighted by molar-refractivity contribution is 5.23. The number of benzene rings is 1. The lowest BCUT2D eigenvalue weighted by Gasteiger charge is -2.11. The number of nitrogens with one attached hydrogen (secondary N) is 2. The molecule has 0 spiro atoms. The minimum atomic E-state index is -0.494. The van der Waals surface area contributed by atoms with E-state index in [1.807, 2.05) is 30.3 Å². The van der Waals surface area contributed by atoms with Crippen LogP contribution in [0.25, 0.3) is 0 Å². The van der Waals surface area contributed by atoms with E-state index in [-0.39, 0.29) is 11.5 Å². The Morgan fingerprint density at radius 3 is 2.56 bits per heavy atom. The van der Waals surface area contributed by atoms with Gasteiger partial charge in [-0.05, 0) is 12.0 Å². The summed E-state index contributed by atoms with van der Waals surface area (Å²) >= 11 is 0. The Balaban J connectivity index is 2.32. The van der Waals surface area contributed by atoms with Gasteiger partial charge in [-0.3, -0.25) is 9.78 Å². The topological polar surface area (TPSA) is 65.7 Å². The molecule has 0 bridgehead atoms. The zero-order valence-electron chi connectivity index (χ0n) is 9.85. The molecule has 2 rings (SSSR count). The summed E-state index contributed by atoms with van der Waals surface area (Å²) in [6.45, 7) is 3.75. The summed E-state index contributed by atoms with van der Waals surface area (Å²) in [5.41, 5.74) is 0.785. The second-order valence-corrected chi connectivity index (χ2v) is 4.06. The van der Waals surface area contributed by atoms with Gasteiger partial charge in [-0.1, -0.05) is 36.4 Å². The molecule has 1 heterocycles. The standard InChI is InChI=1S/C14H14N2O2/c1-2-11(8-10-6-4-3-5-7-10)12-9-15-14(18)16-13(12)17/h2-7,9,11H,1,8H2,(H2,15,16,17,18). The number of aromatic amines is 2. The molecule has 4 heteroatoms. The number of aromatic nitrogens is 2. The molecule has 1 unspecified atom stereocenters. The van der Waals surface area contributed by atoms with Crippen LogP contribution in [0, 0.1) is 0 Å².